The van der Waals surface area contributed by atoms with E-state index in [4.69, 9.17) is 5.73 Å². The average molecular weight is 166 g/mol. The number of amidine groups is 1. The highest BCUT2D eigenvalue weighted by molar-refractivity contribution is 5.93. The molecule has 0 aliphatic heterocycles. The Hall–Kier alpha value is -1.58. The summed E-state index contributed by atoms with van der Waals surface area (Å²) in [4.78, 5) is 3.96. The van der Waals surface area contributed by atoms with Crippen molar-refractivity contribution in [2.24, 2.45) is 15.8 Å². The lowest BCUT2D eigenvalue weighted by atomic mass is 10.5. The first kappa shape index (κ1) is 10.4. The Labute approximate surface area is 72.8 Å². The van der Waals surface area contributed by atoms with Crippen LogP contribution in [0.1, 0.15) is 6.92 Å². The van der Waals surface area contributed by atoms with E-state index in [0.29, 0.717) is 12.4 Å². The van der Waals surface area contributed by atoms with Gasteiger partial charge in [0.25, 0.3) is 0 Å². The van der Waals surface area contributed by atoms with Crippen molar-refractivity contribution in [2.75, 3.05) is 6.54 Å². The van der Waals surface area contributed by atoms with Crippen LogP contribution < -0.4 is 5.73 Å². The van der Waals surface area contributed by atoms with Crippen molar-refractivity contribution in [1.29, 1.82) is 0 Å². The zero-order valence-corrected chi connectivity index (χ0v) is 7.27. The first-order chi connectivity index (χ1) is 5.79. The van der Waals surface area contributed by atoms with Gasteiger partial charge in [0.05, 0.1) is 0 Å². The normalized spacial score (nSPS) is 11.6. The lowest BCUT2D eigenvalue weighted by Gasteiger charge is -2.14. The minimum Gasteiger partial charge on any atom is -0.404 e. The second kappa shape index (κ2) is 6.15. The Bertz CT molecular complexity index is 205. The fraction of sp³-hybridized carbons (Fsp3) is 0.250. The molecule has 0 bridgehead atoms. The van der Waals surface area contributed by atoms with Gasteiger partial charge in [-0.05, 0) is 19.2 Å². The molecule has 12 heavy (non-hydrogen) atoms. The van der Waals surface area contributed by atoms with E-state index in [0.717, 1.165) is 0 Å². The second-order valence-corrected chi connectivity index (χ2v) is 1.89. The van der Waals surface area contributed by atoms with Crippen molar-refractivity contribution in [2.45, 2.75) is 6.92 Å². The van der Waals surface area contributed by atoms with Crippen LogP contribution in [0.2, 0.25) is 0 Å². The van der Waals surface area contributed by atoms with Crippen LogP contribution in [0.4, 0.5) is 0 Å². The smallest absolute Gasteiger partial charge is 0.150 e. The fourth-order valence-electron chi connectivity index (χ4n) is 0.710. The molecule has 4 heteroatoms. The van der Waals surface area contributed by atoms with E-state index in [2.05, 4.69) is 23.4 Å². The summed E-state index contributed by atoms with van der Waals surface area (Å²) >= 11 is 0. The molecule has 2 N–H and O–H groups in total. The number of nitrogens with zero attached hydrogens (tertiary/aromatic N) is 3. The average Bonchev–Trinajstić information content (AvgIpc) is 2.07. The Balaban J connectivity index is 4.57. The van der Waals surface area contributed by atoms with E-state index >= 15 is 0 Å². The molecule has 0 saturated heterocycles. The standard InChI is InChI=1S/C8H14N4/c1-4-11-8(6-7-9)12(5-2)10-3/h4,6-7H,1,3,5,9H2,2H3/b7-6+,11-8?. The molecule has 0 atom stereocenters. The number of rotatable bonds is 4. The summed E-state index contributed by atoms with van der Waals surface area (Å²) in [6.45, 7) is 9.52. The van der Waals surface area contributed by atoms with Crippen molar-refractivity contribution < 1.29 is 0 Å². The molecule has 0 aliphatic rings. The van der Waals surface area contributed by atoms with Crippen LogP contribution >= 0.6 is 0 Å². The number of hydrogen-bond acceptors (Lipinski definition) is 3. The van der Waals surface area contributed by atoms with E-state index < -0.39 is 0 Å². The zero-order valence-electron chi connectivity index (χ0n) is 7.27. The quantitative estimate of drug-likeness (QED) is 0.384. The number of hydrazone groups is 1. The van der Waals surface area contributed by atoms with Crippen LogP contribution in [-0.2, 0) is 0 Å². The van der Waals surface area contributed by atoms with Gasteiger partial charge in [-0.1, -0.05) is 6.58 Å². The number of aliphatic imine (C=N–C) groups is 1. The van der Waals surface area contributed by atoms with Gasteiger partial charge >= 0.3 is 0 Å². The van der Waals surface area contributed by atoms with Crippen LogP contribution in [0, 0.1) is 0 Å². The van der Waals surface area contributed by atoms with Gasteiger partial charge in [-0.15, -0.1) is 0 Å². The molecule has 0 aromatic carbocycles. The molecule has 0 saturated carbocycles. The van der Waals surface area contributed by atoms with Crippen molar-refractivity contribution in [3.63, 3.8) is 0 Å². The lowest BCUT2D eigenvalue weighted by molar-refractivity contribution is 0.477. The van der Waals surface area contributed by atoms with Gasteiger partial charge in [0.15, 0.2) is 0 Å². The molecule has 0 fully saturated rings. The summed E-state index contributed by atoms with van der Waals surface area (Å²) in [5.74, 6) is 0.630. The van der Waals surface area contributed by atoms with E-state index in [9.17, 15) is 0 Å². The molecular formula is C8H14N4. The molecule has 66 valence electrons. The molecule has 0 spiro atoms. The third-order valence-electron chi connectivity index (χ3n) is 1.20. The number of nitrogens with two attached hydrogens (primary N) is 1. The second-order valence-electron chi connectivity index (χ2n) is 1.89. The van der Waals surface area contributed by atoms with Crippen molar-refractivity contribution >= 4 is 12.6 Å². The Morgan fingerprint density at radius 3 is 2.67 bits per heavy atom. The van der Waals surface area contributed by atoms with E-state index in [1.807, 2.05) is 6.92 Å². The highest BCUT2D eigenvalue weighted by Gasteiger charge is 2.00. The van der Waals surface area contributed by atoms with Gasteiger partial charge in [0.2, 0.25) is 0 Å². The van der Waals surface area contributed by atoms with Crippen LogP contribution in [0.3, 0.4) is 0 Å². The van der Waals surface area contributed by atoms with Gasteiger partial charge in [0.1, 0.15) is 5.84 Å². The van der Waals surface area contributed by atoms with Gasteiger partial charge in [-0.3, -0.25) is 0 Å². The molecule has 0 rings (SSSR count). The van der Waals surface area contributed by atoms with Crippen LogP contribution in [-0.4, -0.2) is 24.1 Å². The summed E-state index contributed by atoms with van der Waals surface area (Å²) in [6, 6.07) is 0. The number of likely N-dealkylation sites (N-methyl/N-ethyl adjacent to an activating group) is 1. The third-order valence-corrected chi connectivity index (χ3v) is 1.20. The van der Waals surface area contributed by atoms with Crippen LogP contribution in [0.25, 0.3) is 0 Å². The van der Waals surface area contributed by atoms with Gasteiger partial charge < -0.3 is 5.73 Å². The largest absolute Gasteiger partial charge is 0.404 e. The first-order valence-electron chi connectivity index (χ1n) is 3.61. The SMILES string of the molecule is C=CN=C(/C=C/N)N(CC)N=C. The predicted octanol–water partition coefficient (Wildman–Crippen LogP) is 0.938. The molecule has 0 heterocycles. The van der Waals surface area contributed by atoms with Gasteiger partial charge in [-0.2, -0.15) is 5.10 Å². The molecule has 4 nitrogen and oxygen atoms in total. The summed E-state index contributed by atoms with van der Waals surface area (Å²) in [5, 5.41) is 5.36. The summed E-state index contributed by atoms with van der Waals surface area (Å²) < 4.78 is 0. The van der Waals surface area contributed by atoms with Gasteiger partial charge in [0, 0.05) is 19.5 Å². The Kier molecular flexibility index (Phi) is 5.34. The summed E-state index contributed by atoms with van der Waals surface area (Å²) in [7, 11) is 0. The first-order valence-corrected chi connectivity index (χ1v) is 3.61. The Morgan fingerprint density at radius 1 is 1.67 bits per heavy atom. The maximum atomic E-state index is 5.22. The maximum Gasteiger partial charge on any atom is 0.150 e. The molecule has 0 amide bonds. The molecule has 0 aromatic rings. The molecular weight excluding hydrogens is 152 g/mol. The molecule has 0 radical (unpaired) electrons. The van der Waals surface area contributed by atoms with Crippen molar-refractivity contribution in [1.82, 2.24) is 5.01 Å². The minimum atomic E-state index is 0.630. The highest BCUT2D eigenvalue weighted by atomic mass is 15.5. The molecule has 0 aromatic heterocycles. The predicted molar refractivity (Wildman–Crippen MR) is 52.9 cm³/mol. The summed E-state index contributed by atoms with van der Waals surface area (Å²) in [5.41, 5.74) is 5.22. The van der Waals surface area contributed by atoms with E-state index in [1.165, 1.54) is 12.4 Å². The van der Waals surface area contributed by atoms with Crippen molar-refractivity contribution in [3.05, 3.63) is 25.1 Å². The monoisotopic (exact) mass is 166 g/mol. The number of hydrogen-bond donors (Lipinski definition) is 1. The Morgan fingerprint density at radius 2 is 2.33 bits per heavy atom. The van der Waals surface area contributed by atoms with Crippen LogP contribution in [0.5, 0.6) is 0 Å². The highest BCUT2D eigenvalue weighted by Crippen LogP contribution is 1.94. The van der Waals surface area contributed by atoms with E-state index in [-0.39, 0.29) is 0 Å². The summed E-state index contributed by atoms with van der Waals surface area (Å²) in [6.07, 6.45) is 4.47. The molecule has 0 aliphatic carbocycles. The van der Waals surface area contributed by atoms with Crippen LogP contribution in [0.15, 0.2) is 35.1 Å². The zero-order chi connectivity index (χ0) is 9.40. The lowest BCUT2D eigenvalue weighted by Crippen LogP contribution is -2.23. The van der Waals surface area contributed by atoms with E-state index in [1.54, 1.807) is 11.1 Å². The van der Waals surface area contributed by atoms with Gasteiger partial charge in [-0.25, -0.2) is 10.0 Å². The topological polar surface area (TPSA) is 54.0 Å². The van der Waals surface area contributed by atoms with Crippen molar-refractivity contribution in [3.8, 4) is 0 Å². The third kappa shape index (κ3) is 3.01. The fourth-order valence-corrected chi connectivity index (χ4v) is 0.710. The minimum absolute atomic E-state index is 0.630. The molecule has 0 unspecified atom stereocenters. The maximum absolute atomic E-state index is 5.22.